The van der Waals surface area contributed by atoms with Gasteiger partial charge < -0.3 is 19.7 Å². The van der Waals surface area contributed by atoms with E-state index >= 15 is 0 Å². The molecule has 7 heteroatoms. The molecule has 5 rings (SSSR count). The number of aliphatic hydroxyl groups is 1. The fourth-order valence-corrected chi connectivity index (χ4v) is 4.41. The van der Waals surface area contributed by atoms with Crippen LogP contribution in [0.2, 0.25) is 0 Å². The molecule has 7 nitrogen and oxygen atoms in total. The van der Waals surface area contributed by atoms with E-state index in [0.717, 1.165) is 49.9 Å². The van der Waals surface area contributed by atoms with Crippen molar-refractivity contribution >= 4 is 22.5 Å². The Balaban J connectivity index is 1.30. The van der Waals surface area contributed by atoms with Gasteiger partial charge in [0.25, 0.3) is 0 Å². The summed E-state index contributed by atoms with van der Waals surface area (Å²) >= 11 is 0. The van der Waals surface area contributed by atoms with Gasteiger partial charge in [-0.2, -0.15) is 0 Å². The molecule has 1 saturated heterocycles. The summed E-state index contributed by atoms with van der Waals surface area (Å²) in [4.78, 5) is 11.5. The maximum atomic E-state index is 9.26. The lowest BCUT2D eigenvalue weighted by atomic mass is 10.1. The van der Waals surface area contributed by atoms with E-state index in [1.807, 2.05) is 36.4 Å². The van der Waals surface area contributed by atoms with Gasteiger partial charge in [0.15, 0.2) is 0 Å². The van der Waals surface area contributed by atoms with Gasteiger partial charge in [-0.05, 0) is 42.3 Å². The van der Waals surface area contributed by atoms with Gasteiger partial charge in [-0.15, -0.1) is 0 Å². The molecule has 1 aliphatic rings. The van der Waals surface area contributed by atoms with Gasteiger partial charge in [-0.25, -0.2) is 9.97 Å². The summed E-state index contributed by atoms with van der Waals surface area (Å²) in [5.74, 6) is 1.53. The summed E-state index contributed by atoms with van der Waals surface area (Å²) in [6.07, 6.45) is 4.67. The maximum absolute atomic E-state index is 9.26. The second kappa shape index (κ2) is 10.1. The lowest BCUT2D eigenvalue weighted by Crippen LogP contribution is -2.38. The number of aromatic nitrogens is 3. The number of pyridine rings is 2. The van der Waals surface area contributed by atoms with Crippen LogP contribution in [-0.4, -0.2) is 50.8 Å². The van der Waals surface area contributed by atoms with E-state index in [1.165, 1.54) is 16.5 Å². The number of morpholine rings is 1. The van der Waals surface area contributed by atoms with E-state index in [-0.39, 0.29) is 12.7 Å². The minimum absolute atomic E-state index is 0.0769. The van der Waals surface area contributed by atoms with Gasteiger partial charge in [-0.1, -0.05) is 30.3 Å². The predicted octanol–water partition coefficient (Wildman–Crippen LogP) is 4.13. The van der Waals surface area contributed by atoms with E-state index < -0.39 is 0 Å². The second-order valence-electron chi connectivity index (χ2n) is 8.32. The highest BCUT2D eigenvalue weighted by atomic mass is 16.5. The van der Waals surface area contributed by atoms with E-state index in [4.69, 9.17) is 9.72 Å². The molecule has 0 radical (unpaired) electrons. The van der Waals surface area contributed by atoms with Crippen molar-refractivity contribution in [3.8, 4) is 0 Å². The molecule has 170 valence electrons. The summed E-state index contributed by atoms with van der Waals surface area (Å²) in [5, 5.41) is 13.8. The molecule has 0 saturated carbocycles. The van der Waals surface area contributed by atoms with Crippen LogP contribution in [0.15, 0.2) is 73.1 Å². The zero-order valence-electron chi connectivity index (χ0n) is 18.6. The molecule has 4 aromatic rings. The third-order valence-corrected chi connectivity index (χ3v) is 5.99. The number of benzene rings is 1. The molecule has 1 unspecified atom stereocenters. The third-order valence-electron chi connectivity index (χ3n) is 5.99. The fourth-order valence-electron chi connectivity index (χ4n) is 4.41. The van der Waals surface area contributed by atoms with E-state index in [2.05, 4.69) is 50.2 Å². The molecule has 4 heterocycles. The summed E-state index contributed by atoms with van der Waals surface area (Å²) in [6, 6.07) is 20.2. The number of hydrogen-bond acceptors (Lipinski definition) is 6. The van der Waals surface area contributed by atoms with Crippen LogP contribution in [0.1, 0.15) is 23.8 Å². The van der Waals surface area contributed by atoms with Gasteiger partial charge in [0.2, 0.25) is 0 Å². The van der Waals surface area contributed by atoms with Crippen molar-refractivity contribution in [2.24, 2.45) is 0 Å². The predicted molar refractivity (Wildman–Crippen MR) is 129 cm³/mol. The topological polar surface area (TPSA) is 75.4 Å². The number of nitrogens with zero attached hydrogens (tertiary/aromatic N) is 4. The Kier molecular flexibility index (Phi) is 6.62. The quantitative estimate of drug-likeness (QED) is 0.427. The smallest absolute Gasteiger partial charge is 0.131 e. The first-order valence-corrected chi connectivity index (χ1v) is 11.5. The molecule has 1 aromatic carbocycles. The Labute approximate surface area is 193 Å². The van der Waals surface area contributed by atoms with Crippen LogP contribution in [0.25, 0.3) is 10.9 Å². The SMILES string of the molecule is OCCCn1cc(CN2CCOC(c3cccc(Nc4ccccn4)n3)C2)c2ccccc21. The molecule has 1 aliphatic heterocycles. The molecular weight excluding hydrogens is 414 g/mol. The van der Waals surface area contributed by atoms with Crippen molar-refractivity contribution in [2.45, 2.75) is 25.6 Å². The number of ether oxygens (including phenoxy) is 1. The van der Waals surface area contributed by atoms with Crippen molar-refractivity contribution < 1.29 is 9.84 Å². The van der Waals surface area contributed by atoms with E-state index in [0.29, 0.717) is 6.61 Å². The minimum atomic E-state index is -0.0769. The van der Waals surface area contributed by atoms with E-state index in [1.54, 1.807) is 6.20 Å². The van der Waals surface area contributed by atoms with Crippen LogP contribution in [0.4, 0.5) is 11.6 Å². The average molecular weight is 444 g/mol. The van der Waals surface area contributed by atoms with Crippen molar-refractivity contribution in [2.75, 3.05) is 31.6 Å². The second-order valence-corrected chi connectivity index (χ2v) is 8.32. The standard InChI is InChI=1S/C26H29N5O2/c32-15-6-13-31-18-20(21-7-1-2-9-23(21)31)17-30-14-16-33-24(19-30)22-8-5-11-26(28-22)29-25-10-3-4-12-27-25/h1-5,7-12,18,24,32H,6,13-17,19H2,(H,27,28,29). The molecule has 1 atom stereocenters. The molecule has 3 aromatic heterocycles. The van der Waals surface area contributed by atoms with Gasteiger partial charge >= 0.3 is 0 Å². The molecule has 0 bridgehead atoms. The lowest BCUT2D eigenvalue weighted by molar-refractivity contribution is -0.0348. The number of nitrogens with one attached hydrogen (secondary N) is 1. The average Bonchev–Trinajstić information content (AvgIpc) is 3.21. The summed E-state index contributed by atoms with van der Waals surface area (Å²) in [6.45, 7) is 4.23. The highest BCUT2D eigenvalue weighted by Crippen LogP contribution is 2.27. The molecular formula is C26H29N5O2. The van der Waals surface area contributed by atoms with Gasteiger partial charge in [-0.3, -0.25) is 4.90 Å². The first-order chi connectivity index (χ1) is 16.3. The minimum Gasteiger partial charge on any atom is -0.396 e. The lowest BCUT2D eigenvalue weighted by Gasteiger charge is -2.32. The van der Waals surface area contributed by atoms with Crippen molar-refractivity contribution in [1.29, 1.82) is 0 Å². The summed E-state index contributed by atoms with van der Waals surface area (Å²) in [5.41, 5.74) is 3.45. The Morgan fingerprint density at radius 3 is 2.79 bits per heavy atom. The van der Waals surface area contributed by atoms with Crippen LogP contribution >= 0.6 is 0 Å². The maximum Gasteiger partial charge on any atom is 0.131 e. The molecule has 33 heavy (non-hydrogen) atoms. The van der Waals surface area contributed by atoms with Gasteiger partial charge in [0, 0.05) is 56.1 Å². The van der Waals surface area contributed by atoms with Crippen molar-refractivity contribution in [3.05, 3.63) is 84.3 Å². The number of anilines is 2. The molecule has 0 spiro atoms. The Morgan fingerprint density at radius 1 is 1.03 bits per heavy atom. The highest BCUT2D eigenvalue weighted by molar-refractivity contribution is 5.83. The monoisotopic (exact) mass is 443 g/mol. The van der Waals surface area contributed by atoms with Crippen LogP contribution in [0, 0.1) is 0 Å². The van der Waals surface area contributed by atoms with Crippen LogP contribution in [0.3, 0.4) is 0 Å². The Morgan fingerprint density at radius 2 is 1.91 bits per heavy atom. The largest absolute Gasteiger partial charge is 0.396 e. The third kappa shape index (κ3) is 5.06. The first kappa shape index (κ1) is 21.6. The van der Waals surface area contributed by atoms with Crippen LogP contribution < -0.4 is 5.32 Å². The number of fused-ring (bicyclic) bond motifs is 1. The fraction of sp³-hybridized carbons (Fsp3) is 0.308. The zero-order valence-corrected chi connectivity index (χ0v) is 18.6. The normalized spacial score (nSPS) is 16.8. The number of para-hydroxylation sites is 1. The Bertz CT molecular complexity index is 1190. The molecule has 0 aliphatic carbocycles. The van der Waals surface area contributed by atoms with Gasteiger partial charge in [0.05, 0.1) is 12.3 Å². The van der Waals surface area contributed by atoms with Gasteiger partial charge in [0.1, 0.15) is 17.7 Å². The highest BCUT2D eigenvalue weighted by Gasteiger charge is 2.24. The van der Waals surface area contributed by atoms with Crippen LogP contribution in [0.5, 0.6) is 0 Å². The Hall–Kier alpha value is -3.26. The zero-order chi connectivity index (χ0) is 22.5. The number of rotatable bonds is 8. The molecule has 2 N–H and O–H groups in total. The summed E-state index contributed by atoms with van der Waals surface area (Å²) in [7, 11) is 0. The summed E-state index contributed by atoms with van der Waals surface area (Å²) < 4.78 is 8.36. The van der Waals surface area contributed by atoms with Crippen LogP contribution in [-0.2, 0) is 17.8 Å². The van der Waals surface area contributed by atoms with Crippen molar-refractivity contribution in [1.82, 2.24) is 19.4 Å². The first-order valence-electron chi connectivity index (χ1n) is 11.5. The number of aryl methyl sites for hydroxylation is 1. The molecule has 0 amide bonds. The number of aliphatic hydroxyl groups excluding tert-OH is 1. The molecule has 1 fully saturated rings. The number of hydrogen-bond donors (Lipinski definition) is 2. The van der Waals surface area contributed by atoms with Crippen molar-refractivity contribution in [3.63, 3.8) is 0 Å². The van der Waals surface area contributed by atoms with E-state index in [9.17, 15) is 5.11 Å².